The molecular formula is C26H38NO2+. The highest BCUT2D eigenvalue weighted by Gasteiger charge is 2.16. The van der Waals surface area contributed by atoms with Gasteiger partial charge in [0.2, 0.25) is 0 Å². The number of aryl methyl sites for hydroxylation is 1. The van der Waals surface area contributed by atoms with Gasteiger partial charge in [-0.2, -0.15) is 0 Å². The lowest BCUT2D eigenvalue weighted by Crippen LogP contribution is -2.32. The third-order valence-corrected chi connectivity index (χ3v) is 5.31. The molecule has 0 bridgehead atoms. The molecule has 1 heterocycles. The quantitative estimate of drug-likeness (QED) is 0.241. The Labute approximate surface area is 177 Å². The van der Waals surface area contributed by atoms with Crippen LogP contribution < -0.4 is 4.57 Å². The minimum absolute atomic E-state index is 0.110. The van der Waals surface area contributed by atoms with Crippen molar-refractivity contribution in [2.75, 3.05) is 6.61 Å². The lowest BCUT2D eigenvalue weighted by molar-refractivity contribution is -0.697. The van der Waals surface area contributed by atoms with E-state index in [0.717, 1.165) is 31.4 Å². The summed E-state index contributed by atoms with van der Waals surface area (Å²) in [6, 6.07) is 14.6. The monoisotopic (exact) mass is 396 g/mol. The number of ether oxygens (including phenoxy) is 1. The third kappa shape index (κ3) is 9.25. The molecule has 0 fully saturated rings. The van der Waals surface area contributed by atoms with Crippen LogP contribution in [0.4, 0.5) is 0 Å². The lowest BCUT2D eigenvalue weighted by Gasteiger charge is -2.13. The Hall–Kier alpha value is -2.16. The predicted molar refractivity (Wildman–Crippen MR) is 119 cm³/mol. The van der Waals surface area contributed by atoms with Gasteiger partial charge in [-0.1, -0.05) is 63.4 Å². The summed E-state index contributed by atoms with van der Waals surface area (Å²) in [5.74, 6) is 0.339. The van der Waals surface area contributed by atoms with Gasteiger partial charge in [0, 0.05) is 18.6 Å². The number of hydrogen-bond acceptors (Lipinski definition) is 2. The topological polar surface area (TPSA) is 30.2 Å². The van der Waals surface area contributed by atoms with Gasteiger partial charge in [-0.15, -0.1) is 0 Å². The zero-order chi connectivity index (χ0) is 20.9. The van der Waals surface area contributed by atoms with E-state index in [1.165, 1.54) is 31.2 Å². The number of aromatic nitrogens is 1. The summed E-state index contributed by atoms with van der Waals surface area (Å²) in [6.45, 7) is 8.00. The summed E-state index contributed by atoms with van der Waals surface area (Å²) in [6.07, 6.45) is 12.3. The number of carbonyl (C=O) groups excluding carboxylic acids is 1. The SMILES string of the molecule is CC(C)Cc1ccc([C@H](C)C(=O)OCCCCCCCC[n+]2ccccc2)cc1. The van der Waals surface area contributed by atoms with Crippen molar-refractivity contribution in [2.24, 2.45) is 5.92 Å². The first-order valence-corrected chi connectivity index (χ1v) is 11.3. The number of benzene rings is 1. The van der Waals surface area contributed by atoms with Gasteiger partial charge in [0.05, 0.1) is 12.5 Å². The van der Waals surface area contributed by atoms with Gasteiger partial charge in [0.1, 0.15) is 6.54 Å². The first-order valence-electron chi connectivity index (χ1n) is 11.3. The molecule has 0 saturated heterocycles. The largest absolute Gasteiger partial charge is 0.465 e. The Balaban J connectivity index is 1.52. The van der Waals surface area contributed by atoms with Crippen molar-refractivity contribution in [1.82, 2.24) is 0 Å². The Kier molecular flexibility index (Phi) is 10.5. The number of carbonyl (C=O) groups is 1. The molecule has 1 atom stereocenters. The molecule has 0 spiro atoms. The van der Waals surface area contributed by atoms with E-state index in [9.17, 15) is 4.79 Å². The van der Waals surface area contributed by atoms with E-state index in [4.69, 9.17) is 4.74 Å². The van der Waals surface area contributed by atoms with Crippen molar-refractivity contribution in [3.63, 3.8) is 0 Å². The number of nitrogens with zero attached hydrogens (tertiary/aromatic N) is 1. The predicted octanol–water partition coefficient (Wildman–Crippen LogP) is 5.86. The molecule has 1 aromatic carbocycles. The molecule has 0 aliphatic heterocycles. The van der Waals surface area contributed by atoms with Gasteiger partial charge in [-0.05, 0) is 43.2 Å². The minimum atomic E-state index is -0.196. The zero-order valence-corrected chi connectivity index (χ0v) is 18.5. The Morgan fingerprint density at radius 2 is 1.48 bits per heavy atom. The molecule has 3 heteroatoms. The molecule has 0 N–H and O–H groups in total. The molecule has 29 heavy (non-hydrogen) atoms. The molecule has 3 nitrogen and oxygen atoms in total. The normalized spacial score (nSPS) is 12.1. The van der Waals surface area contributed by atoms with Crippen molar-refractivity contribution in [2.45, 2.75) is 78.2 Å². The van der Waals surface area contributed by atoms with Gasteiger partial charge in [0.25, 0.3) is 0 Å². The summed E-state index contributed by atoms with van der Waals surface area (Å²) >= 11 is 0. The van der Waals surface area contributed by atoms with Gasteiger partial charge in [0.15, 0.2) is 12.4 Å². The fourth-order valence-corrected chi connectivity index (χ4v) is 3.53. The third-order valence-electron chi connectivity index (χ3n) is 5.31. The summed E-state index contributed by atoms with van der Waals surface area (Å²) in [5.41, 5.74) is 2.37. The molecule has 0 aliphatic carbocycles. The summed E-state index contributed by atoms with van der Waals surface area (Å²) in [5, 5.41) is 0. The molecule has 0 aliphatic rings. The molecule has 2 aromatic rings. The highest BCUT2D eigenvalue weighted by Crippen LogP contribution is 2.19. The molecule has 2 rings (SSSR count). The van der Waals surface area contributed by atoms with Crippen LogP contribution in [0.15, 0.2) is 54.9 Å². The van der Waals surface area contributed by atoms with Crippen molar-refractivity contribution in [1.29, 1.82) is 0 Å². The number of pyridine rings is 1. The van der Waals surface area contributed by atoms with E-state index in [2.05, 4.69) is 67.2 Å². The van der Waals surface area contributed by atoms with Crippen LogP contribution in [0.5, 0.6) is 0 Å². The van der Waals surface area contributed by atoms with E-state index in [-0.39, 0.29) is 11.9 Å². The van der Waals surface area contributed by atoms with E-state index < -0.39 is 0 Å². The number of esters is 1. The summed E-state index contributed by atoms with van der Waals surface area (Å²) in [4.78, 5) is 12.3. The number of unbranched alkanes of at least 4 members (excludes halogenated alkanes) is 5. The van der Waals surface area contributed by atoms with E-state index >= 15 is 0 Å². The Morgan fingerprint density at radius 3 is 2.14 bits per heavy atom. The van der Waals surface area contributed by atoms with Crippen molar-refractivity contribution in [3.8, 4) is 0 Å². The fraction of sp³-hybridized carbons (Fsp3) is 0.538. The van der Waals surface area contributed by atoms with Gasteiger partial charge in [-0.3, -0.25) is 4.79 Å². The number of hydrogen-bond donors (Lipinski definition) is 0. The fourth-order valence-electron chi connectivity index (χ4n) is 3.53. The average Bonchev–Trinajstić information content (AvgIpc) is 2.72. The van der Waals surface area contributed by atoms with Gasteiger partial charge >= 0.3 is 5.97 Å². The highest BCUT2D eigenvalue weighted by atomic mass is 16.5. The average molecular weight is 397 g/mol. The van der Waals surface area contributed by atoms with Crippen LogP contribution in [0.1, 0.15) is 76.3 Å². The van der Waals surface area contributed by atoms with Crippen LogP contribution in [-0.4, -0.2) is 12.6 Å². The maximum Gasteiger partial charge on any atom is 0.313 e. The van der Waals surface area contributed by atoms with Crippen LogP contribution in [0.2, 0.25) is 0 Å². The van der Waals surface area contributed by atoms with E-state index in [0.29, 0.717) is 12.5 Å². The van der Waals surface area contributed by atoms with E-state index in [1.54, 1.807) is 0 Å². The van der Waals surface area contributed by atoms with Gasteiger partial charge < -0.3 is 4.74 Å². The van der Waals surface area contributed by atoms with Crippen LogP contribution in [-0.2, 0) is 22.5 Å². The first kappa shape index (κ1) is 23.1. The molecule has 0 amide bonds. The second-order valence-corrected chi connectivity index (χ2v) is 8.46. The van der Waals surface area contributed by atoms with Gasteiger partial charge in [-0.25, -0.2) is 4.57 Å². The smallest absolute Gasteiger partial charge is 0.313 e. The Morgan fingerprint density at radius 1 is 0.862 bits per heavy atom. The number of rotatable bonds is 13. The lowest BCUT2D eigenvalue weighted by atomic mass is 9.97. The molecule has 158 valence electrons. The second kappa shape index (κ2) is 13.1. The summed E-state index contributed by atoms with van der Waals surface area (Å²) < 4.78 is 7.73. The van der Waals surface area contributed by atoms with Crippen molar-refractivity contribution < 1.29 is 14.1 Å². The highest BCUT2D eigenvalue weighted by molar-refractivity contribution is 5.77. The maximum atomic E-state index is 12.3. The molecule has 0 unspecified atom stereocenters. The first-order chi connectivity index (χ1) is 14.1. The van der Waals surface area contributed by atoms with Crippen molar-refractivity contribution in [3.05, 3.63) is 66.0 Å². The Bertz CT molecular complexity index is 694. The van der Waals surface area contributed by atoms with Crippen LogP contribution in [0, 0.1) is 5.92 Å². The van der Waals surface area contributed by atoms with Crippen LogP contribution in [0.3, 0.4) is 0 Å². The second-order valence-electron chi connectivity index (χ2n) is 8.46. The molecule has 0 saturated carbocycles. The molecular weight excluding hydrogens is 358 g/mol. The standard InChI is InChI=1S/C26H38NO2/c1-22(2)21-24-13-15-25(16-14-24)23(3)26(28)29-20-12-7-5-4-6-9-17-27-18-10-8-11-19-27/h8,10-11,13-16,18-19,22-23H,4-7,9,12,17,20-21H2,1-3H3/q+1/t23-/m0/s1. The summed E-state index contributed by atoms with van der Waals surface area (Å²) in [7, 11) is 0. The van der Waals surface area contributed by atoms with Crippen LogP contribution in [0.25, 0.3) is 0 Å². The zero-order valence-electron chi connectivity index (χ0n) is 18.5. The maximum absolute atomic E-state index is 12.3. The minimum Gasteiger partial charge on any atom is -0.465 e. The van der Waals surface area contributed by atoms with Crippen molar-refractivity contribution >= 4 is 5.97 Å². The molecule has 1 aromatic heterocycles. The molecule has 0 radical (unpaired) electrons. The van der Waals surface area contributed by atoms with Crippen LogP contribution >= 0.6 is 0 Å². The van der Waals surface area contributed by atoms with E-state index in [1.807, 2.05) is 13.0 Å².